The zero-order valence-electron chi connectivity index (χ0n) is 16.1. The molecule has 1 fully saturated rings. The number of carbonyl (C=O) groups is 2. The summed E-state index contributed by atoms with van der Waals surface area (Å²) >= 11 is 6.03. The Kier molecular flexibility index (Phi) is 7.19. The smallest absolute Gasteiger partial charge is 0.244 e. The molecule has 6 nitrogen and oxygen atoms in total. The number of anilines is 1. The SMILES string of the molecule is CN(CC(=O)Nc1ccccc1Cl)C(=O)CN1CCOC(c2ccc(F)cc2)C1. The average Bonchev–Trinajstić information content (AvgIpc) is 2.70. The molecule has 1 aliphatic heterocycles. The molecular formula is C21H23ClFN3O3. The first-order valence-corrected chi connectivity index (χ1v) is 9.68. The number of nitrogens with zero attached hydrogens (tertiary/aromatic N) is 2. The fourth-order valence-corrected chi connectivity index (χ4v) is 3.28. The molecule has 1 saturated heterocycles. The molecule has 1 aliphatic rings. The van der Waals surface area contributed by atoms with E-state index in [1.54, 1.807) is 43.4 Å². The Hall–Kier alpha value is -2.48. The third-order valence-electron chi connectivity index (χ3n) is 4.71. The highest BCUT2D eigenvalue weighted by Crippen LogP contribution is 2.22. The second-order valence-electron chi connectivity index (χ2n) is 6.92. The number of nitrogens with one attached hydrogen (secondary N) is 1. The Bertz CT molecular complexity index is 863. The summed E-state index contributed by atoms with van der Waals surface area (Å²) in [4.78, 5) is 28.1. The molecule has 1 heterocycles. The lowest BCUT2D eigenvalue weighted by atomic mass is 10.1. The highest BCUT2D eigenvalue weighted by molar-refractivity contribution is 6.33. The molecule has 2 aromatic rings. The minimum atomic E-state index is -0.319. The number of rotatable bonds is 6. The van der Waals surface area contributed by atoms with Crippen LogP contribution in [0.4, 0.5) is 10.1 Å². The normalized spacial score (nSPS) is 17.0. The van der Waals surface area contributed by atoms with E-state index < -0.39 is 0 Å². The molecule has 154 valence electrons. The maximum absolute atomic E-state index is 13.1. The van der Waals surface area contributed by atoms with E-state index in [4.69, 9.17) is 16.3 Å². The molecule has 1 atom stereocenters. The lowest BCUT2D eigenvalue weighted by Gasteiger charge is -2.33. The number of morpholine rings is 1. The van der Waals surface area contributed by atoms with Gasteiger partial charge in [0.05, 0.1) is 36.5 Å². The van der Waals surface area contributed by atoms with Gasteiger partial charge in [-0.1, -0.05) is 35.9 Å². The van der Waals surface area contributed by atoms with Gasteiger partial charge < -0.3 is 15.0 Å². The molecule has 3 rings (SSSR count). The first-order chi connectivity index (χ1) is 13.9. The van der Waals surface area contributed by atoms with Crippen molar-refractivity contribution in [3.05, 3.63) is 64.9 Å². The Balaban J connectivity index is 1.50. The van der Waals surface area contributed by atoms with Crippen molar-refractivity contribution in [1.82, 2.24) is 9.80 Å². The third kappa shape index (κ3) is 6.00. The van der Waals surface area contributed by atoms with Crippen molar-refractivity contribution in [1.29, 1.82) is 0 Å². The zero-order valence-corrected chi connectivity index (χ0v) is 16.9. The number of hydrogen-bond donors (Lipinski definition) is 1. The number of benzene rings is 2. The molecule has 2 amide bonds. The highest BCUT2D eigenvalue weighted by Gasteiger charge is 2.25. The minimum absolute atomic E-state index is 0.0736. The van der Waals surface area contributed by atoms with Crippen molar-refractivity contribution in [3.8, 4) is 0 Å². The van der Waals surface area contributed by atoms with Gasteiger partial charge in [-0.2, -0.15) is 0 Å². The van der Waals surface area contributed by atoms with Crippen molar-refractivity contribution >= 4 is 29.1 Å². The van der Waals surface area contributed by atoms with E-state index in [0.29, 0.717) is 30.4 Å². The Morgan fingerprint density at radius 2 is 1.97 bits per heavy atom. The van der Waals surface area contributed by atoms with E-state index in [2.05, 4.69) is 5.32 Å². The average molecular weight is 420 g/mol. The number of likely N-dealkylation sites (N-methyl/N-ethyl adjacent to an activating group) is 1. The maximum Gasteiger partial charge on any atom is 0.244 e. The molecule has 0 radical (unpaired) electrons. The van der Waals surface area contributed by atoms with Gasteiger partial charge in [-0.15, -0.1) is 0 Å². The lowest BCUT2D eigenvalue weighted by Crippen LogP contribution is -2.46. The molecule has 1 unspecified atom stereocenters. The zero-order chi connectivity index (χ0) is 20.8. The van der Waals surface area contributed by atoms with Crippen molar-refractivity contribution < 1.29 is 18.7 Å². The van der Waals surface area contributed by atoms with Gasteiger partial charge in [0.1, 0.15) is 5.82 Å². The molecule has 0 aromatic heterocycles. The number of ether oxygens (including phenoxy) is 1. The van der Waals surface area contributed by atoms with E-state index in [-0.39, 0.29) is 36.8 Å². The molecule has 0 saturated carbocycles. The first-order valence-electron chi connectivity index (χ1n) is 9.30. The van der Waals surface area contributed by atoms with E-state index in [1.165, 1.54) is 17.0 Å². The standard InChI is InChI=1S/C21H23ClFN3O3/c1-25(13-20(27)24-18-5-3-2-4-17(18)22)21(28)14-26-10-11-29-19(12-26)15-6-8-16(23)9-7-15/h2-9,19H,10-14H2,1H3,(H,24,27). The first kappa shape index (κ1) is 21.2. The summed E-state index contributed by atoms with van der Waals surface area (Å²) in [6, 6.07) is 13.1. The van der Waals surface area contributed by atoms with Crippen LogP contribution in [-0.2, 0) is 14.3 Å². The van der Waals surface area contributed by atoms with Crippen LogP contribution in [0, 0.1) is 5.82 Å². The van der Waals surface area contributed by atoms with Gasteiger partial charge in [0.15, 0.2) is 0 Å². The number of amides is 2. The van der Waals surface area contributed by atoms with Crippen LogP contribution in [0.25, 0.3) is 0 Å². The molecule has 1 N–H and O–H groups in total. The summed E-state index contributed by atoms with van der Waals surface area (Å²) in [6.45, 7) is 1.72. The summed E-state index contributed by atoms with van der Waals surface area (Å²) in [5, 5.41) is 3.14. The van der Waals surface area contributed by atoms with Crippen LogP contribution in [0.1, 0.15) is 11.7 Å². The van der Waals surface area contributed by atoms with Crippen molar-refractivity contribution in [2.75, 3.05) is 45.2 Å². The van der Waals surface area contributed by atoms with Crippen molar-refractivity contribution in [2.45, 2.75) is 6.10 Å². The molecular weight excluding hydrogens is 397 g/mol. The topological polar surface area (TPSA) is 61.9 Å². The fraction of sp³-hybridized carbons (Fsp3) is 0.333. The van der Waals surface area contributed by atoms with Crippen LogP contribution in [0.2, 0.25) is 5.02 Å². The van der Waals surface area contributed by atoms with Crippen LogP contribution in [0.5, 0.6) is 0 Å². The molecule has 0 aliphatic carbocycles. The van der Waals surface area contributed by atoms with E-state index in [9.17, 15) is 14.0 Å². The molecule has 29 heavy (non-hydrogen) atoms. The van der Waals surface area contributed by atoms with E-state index in [1.807, 2.05) is 4.90 Å². The summed E-state index contributed by atoms with van der Waals surface area (Å²) in [5.74, 6) is -0.785. The van der Waals surface area contributed by atoms with Gasteiger partial charge in [-0.05, 0) is 29.8 Å². The number of para-hydroxylation sites is 1. The summed E-state index contributed by atoms with van der Waals surface area (Å²) in [5.41, 5.74) is 1.38. The highest BCUT2D eigenvalue weighted by atomic mass is 35.5. The third-order valence-corrected chi connectivity index (χ3v) is 5.04. The minimum Gasteiger partial charge on any atom is -0.371 e. The molecule has 0 spiro atoms. The molecule has 2 aromatic carbocycles. The largest absolute Gasteiger partial charge is 0.371 e. The van der Waals surface area contributed by atoms with Gasteiger partial charge in [0.2, 0.25) is 11.8 Å². The van der Waals surface area contributed by atoms with E-state index in [0.717, 1.165) is 5.56 Å². The van der Waals surface area contributed by atoms with Crippen LogP contribution in [0.3, 0.4) is 0 Å². The monoisotopic (exact) mass is 419 g/mol. The van der Waals surface area contributed by atoms with Gasteiger partial charge >= 0.3 is 0 Å². The van der Waals surface area contributed by atoms with Crippen LogP contribution >= 0.6 is 11.6 Å². The van der Waals surface area contributed by atoms with Gasteiger partial charge in [0, 0.05) is 20.1 Å². The lowest BCUT2D eigenvalue weighted by molar-refractivity contribution is -0.136. The van der Waals surface area contributed by atoms with Crippen molar-refractivity contribution in [2.24, 2.45) is 0 Å². The van der Waals surface area contributed by atoms with Gasteiger partial charge in [0.25, 0.3) is 0 Å². The summed E-state index contributed by atoms with van der Waals surface area (Å²) in [7, 11) is 1.59. The maximum atomic E-state index is 13.1. The predicted molar refractivity (Wildman–Crippen MR) is 109 cm³/mol. The second kappa shape index (κ2) is 9.82. The quantitative estimate of drug-likeness (QED) is 0.782. The van der Waals surface area contributed by atoms with Gasteiger partial charge in [-0.3, -0.25) is 14.5 Å². The van der Waals surface area contributed by atoms with Crippen LogP contribution in [-0.4, -0.2) is 61.4 Å². The number of halogens is 2. The van der Waals surface area contributed by atoms with Gasteiger partial charge in [-0.25, -0.2) is 4.39 Å². The summed E-state index contributed by atoms with van der Waals surface area (Å²) in [6.07, 6.45) is -0.217. The molecule has 0 bridgehead atoms. The number of hydrogen-bond acceptors (Lipinski definition) is 4. The van der Waals surface area contributed by atoms with E-state index >= 15 is 0 Å². The Labute approximate surface area is 174 Å². The predicted octanol–water partition coefficient (Wildman–Crippen LogP) is 2.95. The second-order valence-corrected chi connectivity index (χ2v) is 7.33. The van der Waals surface area contributed by atoms with Crippen LogP contribution < -0.4 is 5.32 Å². The number of carbonyl (C=O) groups excluding carboxylic acids is 2. The Morgan fingerprint density at radius 1 is 1.24 bits per heavy atom. The molecule has 8 heteroatoms. The Morgan fingerprint density at radius 3 is 2.69 bits per heavy atom. The van der Waals surface area contributed by atoms with Crippen LogP contribution in [0.15, 0.2) is 48.5 Å². The van der Waals surface area contributed by atoms with Crippen molar-refractivity contribution in [3.63, 3.8) is 0 Å². The fourth-order valence-electron chi connectivity index (χ4n) is 3.09. The summed E-state index contributed by atoms with van der Waals surface area (Å²) < 4.78 is 18.9.